The molecule has 0 aliphatic heterocycles. The van der Waals surface area contributed by atoms with Gasteiger partial charge in [-0.05, 0) is 30.5 Å². The van der Waals surface area contributed by atoms with Gasteiger partial charge in [-0.2, -0.15) is 0 Å². The maximum Gasteiger partial charge on any atom is 0.258 e. The second-order valence-electron chi connectivity index (χ2n) is 4.82. The lowest BCUT2D eigenvalue weighted by Gasteiger charge is -2.06. The number of rotatable bonds is 4. The summed E-state index contributed by atoms with van der Waals surface area (Å²) in [5.41, 5.74) is 1.99. The van der Waals surface area contributed by atoms with Crippen LogP contribution in [-0.4, -0.2) is 17.1 Å². The minimum Gasteiger partial charge on any atom is -0.298 e. The van der Waals surface area contributed by atoms with Crippen LogP contribution in [0.5, 0.6) is 0 Å². The fourth-order valence-corrected chi connectivity index (χ4v) is 3.67. The maximum absolute atomic E-state index is 12.5. The Bertz CT molecular complexity index is 896. The van der Waals surface area contributed by atoms with Gasteiger partial charge in [-0.25, -0.2) is 4.98 Å². The number of thiazole rings is 1. The van der Waals surface area contributed by atoms with Gasteiger partial charge in [0.2, 0.25) is 0 Å². The van der Waals surface area contributed by atoms with Crippen LogP contribution in [0, 0.1) is 0 Å². The van der Waals surface area contributed by atoms with E-state index >= 15 is 0 Å². The number of carbonyl (C=O) groups excluding carboxylic acids is 1. The van der Waals surface area contributed by atoms with Gasteiger partial charge in [0.25, 0.3) is 5.91 Å². The quantitative estimate of drug-likeness (QED) is 0.544. The van der Waals surface area contributed by atoms with E-state index in [1.165, 1.54) is 11.3 Å². The van der Waals surface area contributed by atoms with Crippen molar-refractivity contribution in [1.29, 1.82) is 0 Å². The van der Waals surface area contributed by atoms with Crippen LogP contribution in [0.4, 0.5) is 5.13 Å². The van der Waals surface area contributed by atoms with E-state index in [9.17, 15) is 4.79 Å². The third-order valence-electron chi connectivity index (χ3n) is 3.29. The van der Waals surface area contributed by atoms with E-state index in [1.54, 1.807) is 23.9 Å². The number of hydrogen-bond donors (Lipinski definition) is 1. The maximum atomic E-state index is 12.5. The number of benzene rings is 2. The predicted octanol–water partition coefficient (Wildman–Crippen LogP) is 6.09. The molecule has 3 nitrogen and oxygen atoms in total. The molecule has 1 heterocycles. The van der Waals surface area contributed by atoms with Crippen LogP contribution in [0.15, 0.2) is 52.7 Å². The molecule has 0 saturated heterocycles. The summed E-state index contributed by atoms with van der Waals surface area (Å²) in [6.07, 6.45) is 1.95. The number of hydrogen-bond acceptors (Lipinski definition) is 4. The lowest BCUT2D eigenvalue weighted by molar-refractivity contribution is 0.102. The van der Waals surface area contributed by atoms with Crippen molar-refractivity contribution >= 4 is 57.3 Å². The van der Waals surface area contributed by atoms with Crippen molar-refractivity contribution in [2.45, 2.75) is 4.90 Å². The molecule has 0 atom stereocenters. The van der Waals surface area contributed by atoms with E-state index in [1.807, 2.05) is 42.0 Å². The Kier molecular flexibility index (Phi) is 5.46. The summed E-state index contributed by atoms with van der Waals surface area (Å²) in [5, 5.41) is 6.18. The van der Waals surface area contributed by atoms with Gasteiger partial charge in [0.1, 0.15) is 0 Å². The summed E-state index contributed by atoms with van der Waals surface area (Å²) in [7, 11) is 0. The van der Waals surface area contributed by atoms with Gasteiger partial charge in [0, 0.05) is 20.9 Å². The Hall–Kier alpha value is -1.53. The Morgan fingerprint density at radius 1 is 1.17 bits per heavy atom. The molecule has 0 spiro atoms. The highest BCUT2D eigenvalue weighted by Crippen LogP contribution is 2.31. The summed E-state index contributed by atoms with van der Waals surface area (Å²) < 4.78 is 0. The molecule has 122 valence electrons. The van der Waals surface area contributed by atoms with Crippen LogP contribution in [0.1, 0.15) is 10.4 Å². The lowest BCUT2D eigenvalue weighted by atomic mass is 10.2. The zero-order valence-electron chi connectivity index (χ0n) is 12.5. The van der Waals surface area contributed by atoms with E-state index in [4.69, 9.17) is 23.2 Å². The number of aromatic nitrogens is 1. The molecule has 0 saturated carbocycles. The first-order chi connectivity index (χ1) is 11.6. The summed E-state index contributed by atoms with van der Waals surface area (Å²) >= 11 is 15.2. The molecule has 0 aliphatic carbocycles. The normalized spacial score (nSPS) is 10.6. The largest absolute Gasteiger partial charge is 0.298 e. The summed E-state index contributed by atoms with van der Waals surface area (Å²) in [4.78, 5) is 17.9. The van der Waals surface area contributed by atoms with Crippen LogP contribution < -0.4 is 5.32 Å². The minimum atomic E-state index is -0.282. The molecule has 1 N–H and O–H groups in total. The fourth-order valence-electron chi connectivity index (χ4n) is 2.09. The van der Waals surface area contributed by atoms with E-state index in [-0.39, 0.29) is 5.91 Å². The van der Waals surface area contributed by atoms with E-state index in [0.717, 1.165) is 16.2 Å². The predicted molar refractivity (Wildman–Crippen MR) is 104 cm³/mol. The third-order valence-corrected chi connectivity index (χ3v) is 5.43. The number of halogens is 2. The average molecular weight is 395 g/mol. The first kappa shape index (κ1) is 17.3. The van der Waals surface area contributed by atoms with Gasteiger partial charge in [-0.1, -0.05) is 41.4 Å². The van der Waals surface area contributed by atoms with Gasteiger partial charge in [-0.15, -0.1) is 23.1 Å². The number of nitrogens with one attached hydrogen (secondary N) is 1. The van der Waals surface area contributed by atoms with Crippen LogP contribution in [-0.2, 0) is 0 Å². The third kappa shape index (κ3) is 3.75. The van der Waals surface area contributed by atoms with Crippen LogP contribution >= 0.6 is 46.3 Å². The average Bonchev–Trinajstić information content (AvgIpc) is 3.04. The molecule has 24 heavy (non-hydrogen) atoms. The first-order valence-corrected chi connectivity index (χ1v) is 9.80. The molecular weight excluding hydrogens is 383 g/mol. The molecule has 3 aromatic rings. The number of amides is 1. The Labute approximate surface area is 158 Å². The summed E-state index contributed by atoms with van der Waals surface area (Å²) in [6, 6.07) is 12.8. The van der Waals surface area contributed by atoms with Crippen molar-refractivity contribution in [1.82, 2.24) is 4.98 Å². The molecule has 7 heteroatoms. The van der Waals surface area contributed by atoms with Crippen molar-refractivity contribution in [3.05, 3.63) is 63.5 Å². The SMILES string of the molecule is CSc1ccc(Cl)c(C(=O)Nc2nc(-c3ccccc3Cl)cs2)c1. The minimum absolute atomic E-state index is 0.282. The second kappa shape index (κ2) is 7.57. The van der Waals surface area contributed by atoms with Crippen molar-refractivity contribution in [3.8, 4) is 11.3 Å². The van der Waals surface area contributed by atoms with Crippen LogP contribution in [0.2, 0.25) is 10.0 Å². The fraction of sp³-hybridized carbons (Fsp3) is 0.0588. The van der Waals surface area contributed by atoms with Gasteiger partial charge >= 0.3 is 0 Å². The number of thioether (sulfide) groups is 1. The molecule has 1 amide bonds. The molecule has 0 aliphatic rings. The molecule has 0 bridgehead atoms. The smallest absolute Gasteiger partial charge is 0.258 e. The van der Waals surface area contributed by atoms with E-state index in [2.05, 4.69) is 10.3 Å². The standard InChI is InChI=1S/C17H12Cl2N2OS2/c1-23-10-6-7-14(19)12(8-10)16(22)21-17-20-15(9-24-17)11-4-2-3-5-13(11)18/h2-9H,1H3,(H,20,21,22). The lowest BCUT2D eigenvalue weighted by Crippen LogP contribution is -2.12. The highest BCUT2D eigenvalue weighted by Gasteiger charge is 2.14. The van der Waals surface area contributed by atoms with Gasteiger partial charge in [0.05, 0.1) is 16.3 Å². The Balaban J connectivity index is 1.82. The molecule has 0 radical (unpaired) electrons. The van der Waals surface area contributed by atoms with Crippen molar-refractivity contribution in [2.75, 3.05) is 11.6 Å². The summed E-state index contributed by atoms with van der Waals surface area (Å²) in [6.45, 7) is 0. The van der Waals surface area contributed by atoms with Crippen molar-refractivity contribution < 1.29 is 4.79 Å². The molecule has 2 aromatic carbocycles. The molecule has 0 fully saturated rings. The Morgan fingerprint density at radius 2 is 1.96 bits per heavy atom. The second-order valence-corrected chi connectivity index (χ2v) is 7.37. The molecule has 0 unspecified atom stereocenters. The number of anilines is 1. The van der Waals surface area contributed by atoms with E-state index in [0.29, 0.717) is 20.7 Å². The molecular formula is C17H12Cl2N2OS2. The number of nitrogens with zero attached hydrogens (tertiary/aromatic N) is 1. The van der Waals surface area contributed by atoms with Gasteiger partial charge < -0.3 is 0 Å². The Morgan fingerprint density at radius 3 is 2.71 bits per heavy atom. The highest BCUT2D eigenvalue weighted by atomic mass is 35.5. The van der Waals surface area contributed by atoms with Crippen molar-refractivity contribution in [3.63, 3.8) is 0 Å². The van der Waals surface area contributed by atoms with Crippen molar-refractivity contribution in [2.24, 2.45) is 0 Å². The van der Waals surface area contributed by atoms with Crippen LogP contribution in [0.25, 0.3) is 11.3 Å². The van der Waals surface area contributed by atoms with Gasteiger partial charge in [0.15, 0.2) is 5.13 Å². The van der Waals surface area contributed by atoms with Crippen LogP contribution in [0.3, 0.4) is 0 Å². The summed E-state index contributed by atoms with van der Waals surface area (Å²) in [5.74, 6) is -0.282. The zero-order valence-corrected chi connectivity index (χ0v) is 15.7. The number of carbonyl (C=O) groups is 1. The topological polar surface area (TPSA) is 42.0 Å². The monoisotopic (exact) mass is 394 g/mol. The molecule has 3 rings (SSSR count). The first-order valence-electron chi connectivity index (χ1n) is 6.94. The zero-order chi connectivity index (χ0) is 17.1. The van der Waals surface area contributed by atoms with Gasteiger partial charge in [-0.3, -0.25) is 10.1 Å². The van der Waals surface area contributed by atoms with E-state index < -0.39 is 0 Å². The highest BCUT2D eigenvalue weighted by molar-refractivity contribution is 7.98. The molecule has 1 aromatic heterocycles.